The predicted molar refractivity (Wildman–Crippen MR) is 37.7 cm³/mol. The highest BCUT2D eigenvalue weighted by Gasteiger charge is 2.07. The Morgan fingerprint density at radius 1 is 1.55 bits per heavy atom. The van der Waals surface area contributed by atoms with E-state index in [-0.39, 0.29) is 13.0 Å². The van der Waals surface area contributed by atoms with Crippen molar-refractivity contribution in [3.05, 3.63) is 0 Å². The zero-order valence-corrected chi connectivity index (χ0v) is 5.95. The summed E-state index contributed by atoms with van der Waals surface area (Å²) in [5.74, 6) is -0.441. The molecule has 0 radical (unpaired) electrons. The second-order valence-corrected chi connectivity index (χ2v) is 1.92. The van der Waals surface area contributed by atoms with Gasteiger partial charge in [-0.05, 0) is 0 Å². The van der Waals surface area contributed by atoms with Crippen LogP contribution in [0.2, 0.25) is 0 Å². The molecule has 0 aliphatic carbocycles. The van der Waals surface area contributed by atoms with Crippen molar-refractivity contribution in [3.8, 4) is 0 Å². The molecule has 0 spiro atoms. The molecule has 62 valence electrons. The van der Waals surface area contributed by atoms with Gasteiger partial charge in [0.1, 0.15) is 12.6 Å². The molecule has 1 unspecified atom stereocenters. The number of hydrogen-bond acceptors (Lipinski definition) is 4. The number of rotatable bonds is 5. The molecule has 0 aromatic rings. The van der Waals surface area contributed by atoms with Crippen LogP contribution in [0.25, 0.3) is 0 Å². The summed E-state index contributed by atoms with van der Waals surface area (Å²) in [6.45, 7) is -0.177. The first-order valence-electron chi connectivity index (χ1n) is 3.13. The van der Waals surface area contributed by atoms with E-state index in [4.69, 9.17) is 5.73 Å². The second kappa shape index (κ2) is 5.55. The van der Waals surface area contributed by atoms with Crippen molar-refractivity contribution < 1.29 is 14.4 Å². The molecular weight excluding hydrogens is 148 g/mol. The van der Waals surface area contributed by atoms with Crippen molar-refractivity contribution in [2.24, 2.45) is 5.73 Å². The Balaban J connectivity index is 3.76. The van der Waals surface area contributed by atoms with Gasteiger partial charge in [-0.3, -0.25) is 4.79 Å². The average Bonchev–Trinajstić information content (AvgIpc) is 2.03. The van der Waals surface area contributed by atoms with Crippen molar-refractivity contribution in [1.82, 2.24) is 5.32 Å². The number of nitrogens with one attached hydrogen (secondary N) is 1. The van der Waals surface area contributed by atoms with E-state index in [2.05, 4.69) is 5.32 Å². The Morgan fingerprint density at radius 3 is 2.55 bits per heavy atom. The fraction of sp³-hybridized carbons (Fsp3) is 0.500. The molecule has 0 rings (SSSR count). The van der Waals surface area contributed by atoms with E-state index in [0.29, 0.717) is 12.6 Å². The number of carbonyl (C=O) groups excluding carboxylic acids is 3. The molecule has 5 nitrogen and oxygen atoms in total. The van der Waals surface area contributed by atoms with Gasteiger partial charge in [0.15, 0.2) is 0 Å². The third-order valence-corrected chi connectivity index (χ3v) is 1.05. The fourth-order valence-electron chi connectivity index (χ4n) is 0.518. The van der Waals surface area contributed by atoms with Crippen molar-refractivity contribution >= 4 is 18.5 Å². The maximum absolute atomic E-state index is 10.5. The molecule has 0 bridgehead atoms. The standard InChI is InChI=1S/C6H10N2O3/c7-3-6(11)8-5(4-10)1-2-9/h2,4-5H,1,3,7H2,(H,8,11). The van der Waals surface area contributed by atoms with Gasteiger partial charge in [-0.2, -0.15) is 0 Å². The van der Waals surface area contributed by atoms with Crippen LogP contribution in [0.15, 0.2) is 0 Å². The normalized spacial score (nSPS) is 11.7. The molecular formula is C6H10N2O3. The Kier molecular flexibility index (Phi) is 4.93. The maximum atomic E-state index is 10.5. The molecule has 1 atom stereocenters. The molecule has 0 heterocycles. The van der Waals surface area contributed by atoms with Crippen LogP contribution in [0.4, 0.5) is 0 Å². The molecule has 1 amide bonds. The van der Waals surface area contributed by atoms with Crippen LogP contribution >= 0.6 is 0 Å². The Bertz CT molecular complexity index is 158. The summed E-state index contributed by atoms with van der Waals surface area (Å²) in [5.41, 5.74) is 4.95. The fourth-order valence-corrected chi connectivity index (χ4v) is 0.518. The van der Waals surface area contributed by atoms with Crippen LogP contribution in [0.5, 0.6) is 0 Å². The van der Waals surface area contributed by atoms with Gasteiger partial charge in [0.25, 0.3) is 0 Å². The minimum atomic E-state index is -0.733. The lowest BCUT2D eigenvalue weighted by Crippen LogP contribution is -2.39. The van der Waals surface area contributed by atoms with Crippen molar-refractivity contribution in [2.75, 3.05) is 6.54 Å². The van der Waals surface area contributed by atoms with E-state index in [1.54, 1.807) is 0 Å². The topological polar surface area (TPSA) is 89.3 Å². The number of amides is 1. The maximum Gasteiger partial charge on any atom is 0.234 e. The SMILES string of the molecule is NCC(=O)NC(C=O)CC=O. The summed E-state index contributed by atoms with van der Waals surface area (Å²) >= 11 is 0. The molecule has 0 fully saturated rings. The molecule has 0 aliphatic heterocycles. The highest BCUT2D eigenvalue weighted by Crippen LogP contribution is 1.82. The minimum absolute atomic E-state index is 0.00472. The van der Waals surface area contributed by atoms with Crippen LogP contribution < -0.4 is 11.1 Å². The lowest BCUT2D eigenvalue weighted by molar-refractivity contribution is -0.123. The van der Waals surface area contributed by atoms with Crippen LogP contribution in [0.3, 0.4) is 0 Å². The number of hydrogen-bond donors (Lipinski definition) is 2. The zero-order valence-electron chi connectivity index (χ0n) is 5.95. The molecule has 11 heavy (non-hydrogen) atoms. The number of aldehydes is 2. The highest BCUT2D eigenvalue weighted by atomic mass is 16.2. The summed E-state index contributed by atoms with van der Waals surface area (Å²) in [6.07, 6.45) is 1.06. The summed E-state index contributed by atoms with van der Waals surface area (Å²) < 4.78 is 0. The first kappa shape index (κ1) is 9.77. The molecule has 0 saturated heterocycles. The third-order valence-electron chi connectivity index (χ3n) is 1.05. The predicted octanol–water partition coefficient (Wildman–Crippen LogP) is -1.78. The van der Waals surface area contributed by atoms with Gasteiger partial charge in [0.05, 0.1) is 12.6 Å². The van der Waals surface area contributed by atoms with Gasteiger partial charge in [0, 0.05) is 6.42 Å². The van der Waals surface area contributed by atoms with Crippen molar-refractivity contribution in [1.29, 1.82) is 0 Å². The minimum Gasteiger partial charge on any atom is -0.345 e. The first-order chi connectivity index (χ1) is 5.24. The molecule has 0 aromatic heterocycles. The quantitative estimate of drug-likeness (QED) is 0.463. The van der Waals surface area contributed by atoms with E-state index in [1.807, 2.05) is 0 Å². The van der Waals surface area contributed by atoms with E-state index < -0.39 is 11.9 Å². The Morgan fingerprint density at radius 2 is 2.18 bits per heavy atom. The molecule has 0 aromatic carbocycles. The van der Waals surface area contributed by atoms with Crippen LogP contribution in [-0.4, -0.2) is 31.1 Å². The summed E-state index contributed by atoms with van der Waals surface area (Å²) in [4.78, 5) is 30.6. The van der Waals surface area contributed by atoms with Crippen molar-refractivity contribution in [3.63, 3.8) is 0 Å². The average molecular weight is 158 g/mol. The third kappa shape index (κ3) is 4.21. The smallest absolute Gasteiger partial charge is 0.234 e. The van der Waals surface area contributed by atoms with Gasteiger partial charge < -0.3 is 20.6 Å². The zero-order chi connectivity index (χ0) is 8.69. The van der Waals surface area contributed by atoms with Crippen LogP contribution in [0.1, 0.15) is 6.42 Å². The highest BCUT2D eigenvalue weighted by molar-refractivity contribution is 5.82. The molecule has 5 heteroatoms. The lowest BCUT2D eigenvalue weighted by atomic mass is 10.2. The Labute approximate surface area is 63.9 Å². The van der Waals surface area contributed by atoms with Crippen molar-refractivity contribution in [2.45, 2.75) is 12.5 Å². The number of carbonyl (C=O) groups is 3. The lowest BCUT2D eigenvalue weighted by Gasteiger charge is -2.07. The monoisotopic (exact) mass is 158 g/mol. The van der Waals surface area contributed by atoms with E-state index >= 15 is 0 Å². The molecule has 3 N–H and O–H groups in total. The number of nitrogens with two attached hydrogens (primary N) is 1. The molecule has 0 saturated carbocycles. The van der Waals surface area contributed by atoms with E-state index in [1.165, 1.54) is 0 Å². The van der Waals surface area contributed by atoms with E-state index in [0.717, 1.165) is 0 Å². The van der Waals surface area contributed by atoms with Crippen LogP contribution in [-0.2, 0) is 14.4 Å². The van der Waals surface area contributed by atoms with Gasteiger partial charge in [-0.25, -0.2) is 0 Å². The van der Waals surface area contributed by atoms with Crippen LogP contribution in [0, 0.1) is 0 Å². The Hall–Kier alpha value is -1.23. The summed E-state index contributed by atoms with van der Waals surface area (Å²) in [6, 6.07) is -0.733. The van der Waals surface area contributed by atoms with Gasteiger partial charge in [-0.15, -0.1) is 0 Å². The largest absolute Gasteiger partial charge is 0.345 e. The second-order valence-electron chi connectivity index (χ2n) is 1.92. The molecule has 0 aliphatic rings. The van der Waals surface area contributed by atoms with Gasteiger partial charge in [-0.1, -0.05) is 0 Å². The first-order valence-corrected chi connectivity index (χ1v) is 3.13. The van der Waals surface area contributed by atoms with Gasteiger partial charge in [0.2, 0.25) is 5.91 Å². The van der Waals surface area contributed by atoms with Gasteiger partial charge >= 0.3 is 0 Å². The van der Waals surface area contributed by atoms with E-state index in [9.17, 15) is 14.4 Å². The summed E-state index contributed by atoms with van der Waals surface area (Å²) in [5, 5.41) is 2.25. The summed E-state index contributed by atoms with van der Waals surface area (Å²) in [7, 11) is 0.